The Balaban J connectivity index is 1.34. The molecule has 1 aliphatic heterocycles. The second-order valence-electron chi connectivity index (χ2n) is 6.43. The van der Waals surface area contributed by atoms with Crippen LogP contribution in [0.3, 0.4) is 0 Å². The van der Waals surface area contributed by atoms with Crippen molar-refractivity contribution < 1.29 is 4.52 Å². The summed E-state index contributed by atoms with van der Waals surface area (Å²) in [6, 6.07) is 8.38. The van der Waals surface area contributed by atoms with E-state index in [-0.39, 0.29) is 0 Å². The van der Waals surface area contributed by atoms with Gasteiger partial charge in [0.15, 0.2) is 0 Å². The lowest BCUT2D eigenvalue weighted by Crippen LogP contribution is -2.45. The summed E-state index contributed by atoms with van der Waals surface area (Å²) in [6.07, 6.45) is 0. The van der Waals surface area contributed by atoms with Crippen LogP contribution in [0, 0.1) is 13.8 Å². The molecule has 3 aromatic rings. The predicted molar refractivity (Wildman–Crippen MR) is 96.2 cm³/mol. The number of aromatic nitrogens is 2. The standard InChI is InChI=1S/C18H22N4OS/c1-13-15(14(2)23-20-13)11-21-7-9-22(10-8-21)12-18-19-16-5-3-4-6-17(16)24-18/h3-6H,7-12H2,1-2H3. The van der Waals surface area contributed by atoms with Gasteiger partial charge >= 0.3 is 0 Å². The predicted octanol–water partition coefficient (Wildman–Crippen LogP) is 3.22. The summed E-state index contributed by atoms with van der Waals surface area (Å²) in [5.74, 6) is 0.949. The molecule has 0 radical (unpaired) electrons. The van der Waals surface area contributed by atoms with Crippen molar-refractivity contribution in [2.45, 2.75) is 26.9 Å². The Kier molecular flexibility index (Phi) is 4.35. The van der Waals surface area contributed by atoms with Crippen LogP contribution in [0.4, 0.5) is 0 Å². The van der Waals surface area contributed by atoms with Gasteiger partial charge in [-0.2, -0.15) is 0 Å². The molecule has 6 heteroatoms. The van der Waals surface area contributed by atoms with Crippen molar-refractivity contribution in [1.82, 2.24) is 19.9 Å². The van der Waals surface area contributed by atoms with Gasteiger partial charge in [0.05, 0.1) is 22.5 Å². The molecule has 1 fully saturated rings. The summed E-state index contributed by atoms with van der Waals surface area (Å²) in [5, 5.41) is 5.27. The summed E-state index contributed by atoms with van der Waals surface area (Å²) >= 11 is 1.81. The van der Waals surface area contributed by atoms with Crippen LogP contribution < -0.4 is 0 Å². The highest BCUT2D eigenvalue weighted by molar-refractivity contribution is 7.18. The van der Waals surface area contributed by atoms with E-state index in [0.717, 1.165) is 56.2 Å². The van der Waals surface area contributed by atoms with E-state index in [9.17, 15) is 0 Å². The van der Waals surface area contributed by atoms with E-state index >= 15 is 0 Å². The van der Waals surface area contributed by atoms with Gasteiger partial charge in [-0.05, 0) is 26.0 Å². The fourth-order valence-electron chi connectivity index (χ4n) is 3.24. The molecular weight excluding hydrogens is 320 g/mol. The molecule has 0 saturated carbocycles. The lowest BCUT2D eigenvalue weighted by molar-refractivity contribution is 0.121. The summed E-state index contributed by atoms with van der Waals surface area (Å²) in [4.78, 5) is 9.74. The summed E-state index contributed by atoms with van der Waals surface area (Å²) < 4.78 is 6.55. The summed E-state index contributed by atoms with van der Waals surface area (Å²) in [6.45, 7) is 10.2. The number of piperazine rings is 1. The number of aryl methyl sites for hydroxylation is 2. The third-order valence-corrected chi connectivity index (χ3v) is 5.75. The Morgan fingerprint density at radius 1 is 1.04 bits per heavy atom. The van der Waals surface area contributed by atoms with Crippen LogP contribution >= 0.6 is 11.3 Å². The van der Waals surface area contributed by atoms with Crippen LogP contribution in [0.15, 0.2) is 28.8 Å². The number of rotatable bonds is 4. The van der Waals surface area contributed by atoms with Gasteiger partial charge in [-0.1, -0.05) is 17.3 Å². The fraction of sp³-hybridized carbons (Fsp3) is 0.444. The molecule has 0 bridgehead atoms. The summed E-state index contributed by atoms with van der Waals surface area (Å²) in [7, 11) is 0. The summed E-state index contributed by atoms with van der Waals surface area (Å²) in [5.41, 5.74) is 3.38. The quantitative estimate of drug-likeness (QED) is 0.728. The van der Waals surface area contributed by atoms with E-state index in [4.69, 9.17) is 9.51 Å². The lowest BCUT2D eigenvalue weighted by atomic mass is 10.2. The number of thiazole rings is 1. The molecule has 0 amide bonds. The average Bonchev–Trinajstić information content (AvgIpc) is 3.14. The molecule has 24 heavy (non-hydrogen) atoms. The molecule has 0 aliphatic carbocycles. The van der Waals surface area contributed by atoms with Crippen molar-refractivity contribution in [3.05, 3.63) is 46.3 Å². The highest BCUT2D eigenvalue weighted by Crippen LogP contribution is 2.23. The van der Waals surface area contributed by atoms with Gasteiger partial charge < -0.3 is 4.52 Å². The molecule has 0 spiro atoms. The molecule has 0 atom stereocenters. The van der Waals surface area contributed by atoms with Gasteiger partial charge in [-0.25, -0.2) is 4.98 Å². The molecule has 5 nitrogen and oxygen atoms in total. The van der Waals surface area contributed by atoms with Crippen LogP contribution in [0.5, 0.6) is 0 Å². The normalized spacial score (nSPS) is 16.9. The molecule has 1 aromatic carbocycles. The Bertz CT molecular complexity index is 780. The molecule has 126 valence electrons. The maximum Gasteiger partial charge on any atom is 0.138 e. The smallest absolute Gasteiger partial charge is 0.138 e. The van der Waals surface area contributed by atoms with Gasteiger partial charge in [-0.15, -0.1) is 11.3 Å². The van der Waals surface area contributed by atoms with Gasteiger partial charge in [0.25, 0.3) is 0 Å². The number of benzene rings is 1. The molecule has 2 aromatic heterocycles. The second kappa shape index (κ2) is 6.63. The fourth-order valence-corrected chi connectivity index (χ4v) is 4.25. The third-order valence-electron chi connectivity index (χ3n) is 4.72. The van der Waals surface area contributed by atoms with E-state index < -0.39 is 0 Å². The number of para-hydroxylation sites is 1. The van der Waals surface area contributed by atoms with Crippen molar-refractivity contribution in [2.24, 2.45) is 0 Å². The van der Waals surface area contributed by atoms with E-state index in [2.05, 4.69) is 39.2 Å². The first-order chi connectivity index (χ1) is 11.7. The van der Waals surface area contributed by atoms with Crippen molar-refractivity contribution >= 4 is 21.6 Å². The first-order valence-electron chi connectivity index (χ1n) is 8.40. The number of hydrogen-bond acceptors (Lipinski definition) is 6. The lowest BCUT2D eigenvalue weighted by Gasteiger charge is -2.34. The number of fused-ring (bicyclic) bond motifs is 1. The van der Waals surface area contributed by atoms with Gasteiger partial charge in [0.1, 0.15) is 10.8 Å². The van der Waals surface area contributed by atoms with Crippen LogP contribution in [-0.4, -0.2) is 46.1 Å². The van der Waals surface area contributed by atoms with Crippen molar-refractivity contribution in [2.75, 3.05) is 26.2 Å². The van der Waals surface area contributed by atoms with Crippen LogP contribution in [0.25, 0.3) is 10.2 Å². The van der Waals surface area contributed by atoms with Gasteiger partial charge in [-0.3, -0.25) is 9.80 Å². The number of nitrogens with zero attached hydrogens (tertiary/aromatic N) is 4. The van der Waals surface area contributed by atoms with Crippen molar-refractivity contribution in [1.29, 1.82) is 0 Å². The third kappa shape index (κ3) is 3.22. The maximum atomic E-state index is 5.27. The van der Waals surface area contributed by atoms with Gasteiger partial charge in [0.2, 0.25) is 0 Å². The van der Waals surface area contributed by atoms with Crippen molar-refractivity contribution in [3.63, 3.8) is 0 Å². The van der Waals surface area contributed by atoms with Crippen LogP contribution in [0.2, 0.25) is 0 Å². The first kappa shape index (κ1) is 15.7. The SMILES string of the molecule is Cc1noc(C)c1CN1CCN(Cc2nc3ccccc3s2)CC1. The van der Waals surface area contributed by atoms with E-state index in [1.807, 2.05) is 25.2 Å². The zero-order valence-electron chi connectivity index (χ0n) is 14.2. The van der Waals surface area contributed by atoms with Crippen LogP contribution in [0.1, 0.15) is 22.0 Å². The second-order valence-corrected chi connectivity index (χ2v) is 7.55. The molecule has 0 unspecified atom stereocenters. The minimum absolute atomic E-state index is 0.941. The van der Waals surface area contributed by atoms with E-state index in [1.54, 1.807) is 0 Å². The topological polar surface area (TPSA) is 45.4 Å². The van der Waals surface area contributed by atoms with Gasteiger partial charge in [0, 0.05) is 38.3 Å². The Morgan fingerprint density at radius 3 is 2.42 bits per heavy atom. The zero-order valence-corrected chi connectivity index (χ0v) is 15.0. The Hall–Kier alpha value is -1.76. The van der Waals surface area contributed by atoms with E-state index in [1.165, 1.54) is 15.3 Å². The monoisotopic (exact) mass is 342 g/mol. The molecular formula is C18H22N4OS. The average molecular weight is 342 g/mol. The largest absolute Gasteiger partial charge is 0.361 e. The molecule has 4 rings (SSSR count). The van der Waals surface area contributed by atoms with E-state index in [0.29, 0.717) is 0 Å². The minimum Gasteiger partial charge on any atom is -0.361 e. The maximum absolute atomic E-state index is 5.27. The minimum atomic E-state index is 0.941. The highest BCUT2D eigenvalue weighted by atomic mass is 32.1. The zero-order chi connectivity index (χ0) is 16.5. The number of hydrogen-bond donors (Lipinski definition) is 0. The highest BCUT2D eigenvalue weighted by Gasteiger charge is 2.20. The Labute approximate surface area is 145 Å². The molecule has 3 heterocycles. The van der Waals surface area contributed by atoms with Crippen molar-refractivity contribution in [3.8, 4) is 0 Å². The molecule has 1 aliphatic rings. The van der Waals surface area contributed by atoms with Crippen LogP contribution in [-0.2, 0) is 13.1 Å². The first-order valence-corrected chi connectivity index (χ1v) is 9.21. The molecule has 0 N–H and O–H groups in total. The molecule has 1 saturated heterocycles. The Morgan fingerprint density at radius 2 is 1.75 bits per heavy atom.